The zero-order valence-corrected chi connectivity index (χ0v) is 63.3. The van der Waals surface area contributed by atoms with Crippen molar-refractivity contribution >= 4 is 158 Å². The molecule has 24 nitrogen and oxygen atoms in total. The predicted molar refractivity (Wildman–Crippen MR) is 432 cm³/mol. The number of Topliss-reactive ketones (excluding diaryl/α,β-unsaturated/α-hetero) is 1. The number of carbonyl (C=O) groups is 9. The van der Waals surface area contributed by atoms with Gasteiger partial charge in [-0.3, -0.25) is 33.6 Å². The molecule has 3 unspecified atom stereocenters. The SMILES string of the molecule is CC(=O)c1ccc2[nH]c3ccccc3c2c1.CC(c1ccc2[nH]c3ccccc3c2c1)C1OC(=O)C(=Cc2ccc(N(C)C)cc2)C(=O)O1.CC(c1ccc2[nH]c3ccccc3c2c1)C1OC(=O)CC(=O)O1.CC(c1ccc2[nH]c3ccccc3c2c1)C1OC(=O)CC(=O)O1.COc1ccc(N(C)C)cc1.O=C(O)CC(=O)O. The molecule has 3 atom stereocenters. The fourth-order valence-electron chi connectivity index (χ4n) is 13.2. The number of anilines is 2. The number of hydrogen-bond acceptors (Lipinski definition) is 18. The van der Waals surface area contributed by atoms with Crippen LogP contribution in [0, 0.1) is 0 Å². The van der Waals surface area contributed by atoms with Crippen LogP contribution in [-0.4, -0.2) is 138 Å². The molecule has 17 rings (SSSR count). The van der Waals surface area contributed by atoms with E-state index in [-0.39, 0.29) is 42.0 Å². The lowest BCUT2D eigenvalue weighted by molar-refractivity contribution is -0.208. The predicted octanol–water partition coefficient (Wildman–Crippen LogP) is 16.3. The van der Waals surface area contributed by atoms with E-state index >= 15 is 0 Å². The van der Waals surface area contributed by atoms with E-state index in [9.17, 15) is 43.2 Å². The first-order chi connectivity index (χ1) is 54.2. The van der Waals surface area contributed by atoms with Crippen LogP contribution in [0.4, 0.5) is 11.4 Å². The first kappa shape index (κ1) is 78.5. The Hall–Kier alpha value is -14.0. The molecule has 10 aromatic carbocycles. The van der Waals surface area contributed by atoms with Crippen molar-refractivity contribution in [1.29, 1.82) is 0 Å². The first-order valence-electron chi connectivity index (χ1n) is 36.2. The van der Waals surface area contributed by atoms with Crippen LogP contribution in [0.3, 0.4) is 0 Å². The highest BCUT2D eigenvalue weighted by atomic mass is 16.7. The lowest BCUT2D eigenvalue weighted by Gasteiger charge is -2.28. The van der Waals surface area contributed by atoms with E-state index in [2.05, 4.69) is 67.3 Å². The summed E-state index contributed by atoms with van der Waals surface area (Å²) >= 11 is 0. The summed E-state index contributed by atoms with van der Waals surface area (Å²) in [6.45, 7) is 7.24. The van der Waals surface area contributed by atoms with E-state index in [1.807, 2.05) is 230 Å². The second-order valence-corrected chi connectivity index (χ2v) is 27.6. The number of H-pyrrole nitrogens is 4. The summed E-state index contributed by atoms with van der Waals surface area (Å²) in [5.74, 6) is -5.90. The van der Waals surface area contributed by atoms with Gasteiger partial charge in [0.15, 0.2) is 5.78 Å². The number of aliphatic carboxylic acids is 2. The van der Waals surface area contributed by atoms with Gasteiger partial charge in [0.1, 0.15) is 30.6 Å². The molecule has 3 aliphatic heterocycles. The topological polar surface area (TPSA) is 328 Å². The number of carboxylic acids is 2. The standard InChI is InChI=1S/C27H24N2O4.2C18H15NO4.C14H11NO.C9H13NO.C3H4O4/c1-16(18-10-13-24-21(15-18)20-6-4-5-7-23(20)28-24)27-32-25(30)22(26(31)33-27)14-17-8-11-19(12-9-17)29(2)3;2*1-10(18-22-16(20)9-17(21)23-18)11-6-7-15-13(8-11)12-4-2-3-5-14(12)19-15;1-9(16)10-6-7-14-12(8-10)11-4-2-3-5-13(11)15-14;1-10(2)8-4-6-9(11-3)7-5-8;4-2(5)1-3(6)7/h4-16,27-28H,1-3H3;2*2-8,10,18-19H,9H2,1H3;2-8,15H,1H3;4-7H,1-3H3;1H2,(H,4,5)(H,6,7). The molecule has 0 amide bonds. The van der Waals surface area contributed by atoms with Crippen molar-refractivity contribution in [3.63, 3.8) is 0 Å². The number of esters is 6. The molecule has 7 heterocycles. The van der Waals surface area contributed by atoms with Crippen LogP contribution in [-0.2, 0) is 66.8 Å². The molecular formula is C89H82N6O18. The monoisotopic (exact) mass is 1520 g/mol. The largest absolute Gasteiger partial charge is 0.497 e. The van der Waals surface area contributed by atoms with Gasteiger partial charge in [-0.15, -0.1) is 0 Å². The number of para-hydroxylation sites is 4. The normalized spacial score (nSPS) is 15.0. The van der Waals surface area contributed by atoms with Crippen molar-refractivity contribution in [2.45, 2.75) is 83.6 Å². The van der Waals surface area contributed by atoms with Crippen LogP contribution in [0.1, 0.15) is 97.3 Å². The zero-order chi connectivity index (χ0) is 80.3. The average Bonchev–Trinajstić information content (AvgIpc) is 1.67. The fourth-order valence-corrected chi connectivity index (χ4v) is 13.2. The summed E-state index contributed by atoms with van der Waals surface area (Å²) in [6, 6.07) is 71.6. The summed E-state index contributed by atoms with van der Waals surface area (Å²) in [5.41, 5.74) is 14.9. The van der Waals surface area contributed by atoms with Gasteiger partial charge in [0, 0.05) is 132 Å². The molecule has 14 aromatic rings. The van der Waals surface area contributed by atoms with Crippen molar-refractivity contribution in [2.24, 2.45) is 0 Å². The van der Waals surface area contributed by atoms with Gasteiger partial charge in [0.05, 0.1) is 24.9 Å². The molecule has 0 bridgehead atoms. The highest BCUT2D eigenvalue weighted by Crippen LogP contribution is 2.37. The van der Waals surface area contributed by atoms with Crippen molar-refractivity contribution in [1.82, 2.24) is 19.9 Å². The molecule has 3 aliphatic rings. The number of ether oxygens (including phenoxy) is 7. The maximum absolute atomic E-state index is 12.7. The lowest BCUT2D eigenvalue weighted by Crippen LogP contribution is -2.37. The smallest absolute Gasteiger partial charge is 0.348 e. The number of carboxylic acid groups (broad SMARTS) is 2. The van der Waals surface area contributed by atoms with Crippen molar-refractivity contribution in [3.05, 3.63) is 252 Å². The number of methoxy groups -OCH3 is 1. The molecule has 576 valence electrons. The van der Waals surface area contributed by atoms with Gasteiger partial charge >= 0.3 is 47.8 Å². The Morgan fingerprint density at radius 2 is 0.708 bits per heavy atom. The number of nitrogens with zero attached hydrogens (tertiary/aromatic N) is 2. The Morgan fingerprint density at radius 3 is 1.02 bits per heavy atom. The minimum atomic E-state index is -1.31. The molecule has 3 fully saturated rings. The van der Waals surface area contributed by atoms with Gasteiger partial charge in [-0.05, 0) is 151 Å². The Labute approximate surface area is 647 Å². The molecule has 6 N–H and O–H groups in total. The van der Waals surface area contributed by atoms with E-state index in [0.29, 0.717) is 0 Å². The maximum Gasteiger partial charge on any atom is 0.348 e. The molecule has 3 saturated heterocycles. The van der Waals surface area contributed by atoms with Crippen LogP contribution < -0.4 is 14.5 Å². The highest BCUT2D eigenvalue weighted by Gasteiger charge is 2.38. The van der Waals surface area contributed by atoms with Crippen LogP contribution in [0.2, 0.25) is 0 Å². The number of aromatic amines is 4. The third-order valence-corrected chi connectivity index (χ3v) is 19.4. The van der Waals surface area contributed by atoms with Crippen molar-refractivity contribution < 1.29 is 86.5 Å². The Balaban J connectivity index is 0.000000133. The number of carbonyl (C=O) groups excluding carboxylic acids is 7. The Kier molecular flexibility index (Phi) is 24.1. The third kappa shape index (κ3) is 18.6. The molecule has 113 heavy (non-hydrogen) atoms. The summed E-state index contributed by atoms with van der Waals surface area (Å²) in [7, 11) is 9.59. The molecule has 4 aromatic heterocycles. The van der Waals surface area contributed by atoms with Crippen molar-refractivity contribution in [2.75, 3.05) is 45.1 Å². The lowest BCUT2D eigenvalue weighted by atomic mass is 9.97. The molecule has 0 spiro atoms. The summed E-state index contributed by atoms with van der Waals surface area (Å²) in [6.07, 6.45) is -2.66. The fraction of sp³-hybridized carbons (Fsp3) is 0.202. The number of benzene rings is 10. The van der Waals surface area contributed by atoms with Gasteiger partial charge in [-0.25, -0.2) is 9.59 Å². The van der Waals surface area contributed by atoms with Crippen LogP contribution in [0.25, 0.3) is 93.3 Å². The number of nitrogens with one attached hydrogen (secondary N) is 4. The van der Waals surface area contributed by atoms with Gasteiger partial charge in [0.2, 0.25) is 0 Å². The maximum atomic E-state index is 12.7. The van der Waals surface area contributed by atoms with Crippen LogP contribution >= 0.6 is 0 Å². The van der Waals surface area contributed by atoms with Crippen molar-refractivity contribution in [3.8, 4) is 5.75 Å². The van der Waals surface area contributed by atoms with Crippen LogP contribution in [0.15, 0.2) is 224 Å². The Morgan fingerprint density at radius 1 is 0.407 bits per heavy atom. The zero-order valence-electron chi connectivity index (χ0n) is 63.3. The highest BCUT2D eigenvalue weighted by molar-refractivity contribution is 6.19. The second-order valence-electron chi connectivity index (χ2n) is 27.6. The molecule has 0 saturated carbocycles. The molecule has 0 radical (unpaired) electrons. The first-order valence-corrected chi connectivity index (χ1v) is 36.2. The second kappa shape index (κ2) is 34.7. The van der Waals surface area contributed by atoms with E-state index in [1.165, 1.54) is 17.1 Å². The number of fused-ring (bicyclic) bond motifs is 12. The molecular weight excluding hydrogens is 1440 g/mol. The summed E-state index contributed by atoms with van der Waals surface area (Å²) < 4.78 is 36.8. The summed E-state index contributed by atoms with van der Waals surface area (Å²) in [5, 5.41) is 24.3. The minimum absolute atomic E-state index is 0.104. The minimum Gasteiger partial charge on any atom is -0.497 e. The van der Waals surface area contributed by atoms with E-state index < -0.39 is 73.0 Å². The quantitative estimate of drug-likeness (QED) is 0.0156. The molecule has 0 aliphatic carbocycles. The number of ketones is 1. The summed E-state index contributed by atoms with van der Waals surface area (Å²) in [4.78, 5) is 119. The van der Waals surface area contributed by atoms with Gasteiger partial charge in [-0.2, -0.15) is 0 Å². The van der Waals surface area contributed by atoms with Gasteiger partial charge in [0.25, 0.3) is 18.9 Å². The average molecular weight is 1520 g/mol. The Bertz CT molecular complexity index is 5750. The van der Waals surface area contributed by atoms with Gasteiger partial charge < -0.3 is 73.1 Å². The van der Waals surface area contributed by atoms with E-state index in [4.69, 9.17) is 43.4 Å². The number of aromatic nitrogens is 4. The number of rotatable bonds is 13. The van der Waals surface area contributed by atoms with Gasteiger partial charge in [-0.1, -0.05) is 124 Å². The van der Waals surface area contributed by atoms with E-state index in [0.717, 1.165) is 121 Å². The van der Waals surface area contributed by atoms with E-state index in [1.54, 1.807) is 14.0 Å². The molecule has 24 heteroatoms. The number of hydrogen-bond donors (Lipinski definition) is 6. The number of cyclic esters (lactones) is 6. The third-order valence-electron chi connectivity index (χ3n) is 19.4. The van der Waals surface area contributed by atoms with Crippen LogP contribution in [0.5, 0.6) is 5.75 Å².